The zero-order valence-corrected chi connectivity index (χ0v) is 15.9. The molecule has 0 radical (unpaired) electrons. The Morgan fingerprint density at radius 3 is 2.52 bits per heavy atom. The number of nitrogens with two attached hydrogens (primary N) is 1. The third-order valence-electron chi connectivity index (χ3n) is 4.60. The quantitative estimate of drug-likeness (QED) is 0.648. The SMILES string of the molecule is C=C/C1=C(\C/C=C\CC)C(=O)CC/C(C/C=C(\C)CCN)=C(/C)C1=O. The molecule has 2 N–H and O–H groups in total. The van der Waals surface area contributed by atoms with Gasteiger partial charge in [-0.3, -0.25) is 9.59 Å². The Balaban J connectivity index is 3.20. The van der Waals surface area contributed by atoms with E-state index < -0.39 is 0 Å². The number of Topliss-reactive ketones (excluding diaryl/α,β-unsaturated/α-hetero) is 2. The number of carbonyl (C=O) groups excluding carboxylic acids is 2. The summed E-state index contributed by atoms with van der Waals surface area (Å²) < 4.78 is 0. The third kappa shape index (κ3) is 6.09. The standard InChI is InChI=1S/C22H31NO2/c1-5-7-8-9-20-19(6-2)22(25)17(4)18(12-13-21(20)24)11-10-16(3)14-15-23/h6-8,10H,2,5,9,11-15,23H2,1,3-4H3/b8-7-,16-10+,18-17-,20-19-. The molecule has 1 aliphatic carbocycles. The highest BCUT2D eigenvalue weighted by Crippen LogP contribution is 2.28. The maximum absolute atomic E-state index is 12.9. The monoisotopic (exact) mass is 341 g/mol. The first-order valence-corrected chi connectivity index (χ1v) is 9.09. The minimum absolute atomic E-state index is 0.0525. The van der Waals surface area contributed by atoms with Crippen LogP contribution < -0.4 is 5.73 Å². The van der Waals surface area contributed by atoms with Gasteiger partial charge >= 0.3 is 0 Å². The molecule has 0 amide bonds. The van der Waals surface area contributed by atoms with Crippen LogP contribution in [-0.2, 0) is 9.59 Å². The van der Waals surface area contributed by atoms with Crippen LogP contribution in [0.25, 0.3) is 0 Å². The molecule has 0 saturated carbocycles. The van der Waals surface area contributed by atoms with E-state index in [0.717, 1.165) is 24.0 Å². The zero-order chi connectivity index (χ0) is 18.8. The maximum Gasteiger partial charge on any atom is 0.189 e. The van der Waals surface area contributed by atoms with E-state index in [0.29, 0.717) is 43.4 Å². The predicted molar refractivity (Wildman–Crippen MR) is 105 cm³/mol. The molecule has 3 heteroatoms. The summed E-state index contributed by atoms with van der Waals surface area (Å²) in [6.07, 6.45) is 11.7. The zero-order valence-electron chi connectivity index (χ0n) is 15.9. The largest absolute Gasteiger partial charge is 0.330 e. The fourth-order valence-corrected chi connectivity index (χ4v) is 2.94. The first-order chi connectivity index (χ1) is 12.0. The summed E-state index contributed by atoms with van der Waals surface area (Å²) in [7, 11) is 0. The predicted octanol–water partition coefficient (Wildman–Crippen LogP) is 4.76. The van der Waals surface area contributed by atoms with Gasteiger partial charge in [0, 0.05) is 17.6 Å². The van der Waals surface area contributed by atoms with E-state index in [4.69, 9.17) is 5.73 Å². The average Bonchev–Trinajstić information content (AvgIpc) is 2.59. The van der Waals surface area contributed by atoms with Gasteiger partial charge in [-0.1, -0.05) is 49.0 Å². The average molecular weight is 341 g/mol. The molecule has 0 spiro atoms. The molecule has 1 aliphatic rings. The summed E-state index contributed by atoms with van der Waals surface area (Å²) in [6, 6.07) is 0. The van der Waals surface area contributed by atoms with Gasteiger partial charge in [0.2, 0.25) is 0 Å². The molecule has 3 nitrogen and oxygen atoms in total. The van der Waals surface area contributed by atoms with Gasteiger partial charge in [0.15, 0.2) is 11.6 Å². The summed E-state index contributed by atoms with van der Waals surface area (Å²) in [5, 5.41) is 0. The smallest absolute Gasteiger partial charge is 0.189 e. The molecule has 0 unspecified atom stereocenters. The summed E-state index contributed by atoms with van der Waals surface area (Å²) in [5.41, 5.74) is 9.64. The van der Waals surface area contributed by atoms with Crippen LogP contribution in [-0.4, -0.2) is 18.1 Å². The van der Waals surface area contributed by atoms with Crippen molar-refractivity contribution in [1.82, 2.24) is 0 Å². The van der Waals surface area contributed by atoms with Crippen LogP contribution in [0.15, 0.2) is 58.7 Å². The van der Waals surface area contributed by atoms with Crippen LogP contribution in [0.3, 0.4) is 0 Å². The van der Waals surface area contributed by atoms with Gasteiger partial charge in [0.1, 0.15) is 0 Å². The molecule has 0 aromatic carbocycles. The number of allylic oxidation sites excluding steroid dienone is 8. The van der Waals surface area contributed by atoms with Crippen molar-refractivity contribution < 1.29 is 9.59 Å². The molecule has 0 aromatic rings. The Labute approximate surface area is 152 Å². The van der Waals surface area contributed by atoms with Gasteiger partial charge in [-0.2, -0.15) is 0 Å². The van der Waals surface area contributed by atoms with Gasteiger partial charge in [0.25, 0.3) is 0 Å². The molecular formula is C22H31NO2. The Morgan fingerprint density at radius 2 is 1.92 bits per heavy atom. The van der Waals surface area contributed by atoms with Crippen LogP contribution in [0.2, 0.25) is 0 Å². The van der Waals surface area contributed by atoms with Crippen LogP contribution >= 0.6 is 0 Å². The van der Waals surface area contributed by atoms with Crippen LogP contribution in [0.4, 0.5) is 0 Å². The van der Waals surface area contributed by atoms with Crippen LogP contribution in [0.5, 0.6) is 0 Å². The topological polar surface area (TPSA) is 60.2 Å². The van der Waals surface area contributed by atoms with Gasteiger partial charge in [-0.05, 0) is 58.1 Å². The van der Waals surface area contributed by atoms with Crippen LogP contribution in [0.1, 0.15) is 59.3 Å². The molecule has 0 atom stereocenters. The first-order valence-electron chi connectivity index (χ1n) is 9.09. The minimum atomic E-state index is -0.0668. The van der Waals surface area contributed by atoms with E-state index in [2.05, 4.69) is 12.7 Å². The van der Waals surface area contributed by atoms with Crippen molar-refractivity contribution in [2.24, 2.45) is 5.73 Å². The van der Waals surface area contributed by atoms with Crippen molar-refractivity contribution in [3.05, 3.63) is 58.7 Å². The lowest BCUT2D eigenvalue weighted by molar-refractivity contribution is -0.117. The highest BCUT2D eigenvalue weighted by molar-refractivity contribution is 6.16. The van der Waals surface area contributed by atoms with E-state index in [1.807, 2.05) is 32.9 Å². The molecule has 0 bridgehead atoms. The van der Waals surface area contributed by atoms with Crippen molar-refractivity contribution in [3.63, 3.8) is 0 Å². The molecule has 0 saturated heterocycles. The molecular weight excluding hydrogens is 310 g/mol. The Hall–Kier alpha value is -2.00. The molecule has 0 fully saturated rings. The second-order valence-electron chi connectivity index (χ2n) is 6.45. The number of hydrogen-bond acceptors (Lipinski definition) is 3. The fraction of sp³-hybridized carbons (Fsp3) is 0.455. The van der Waals surface area contributed by atoms with Crippen molar-refractivity contribution in [1.29, 1.82) is 0 Å². The lowest BCUT2D eigenvalue weighted by Crippen LogP contribution is -2.16. The fourth-order valence-electron chi connectivity index (χ4n) is 2.94. The number of hydrogen-bond donors (Lipinski definition) is 1. The van der Waals surface area contributed by atoms with E-state index in [1.165, 1.54) is 11.6 Å². The molecule has 1 rings (SSSR count). The van der Waals surface area contributed by atoms with Gasteiger partial charge in [-0.25, -0.2) is 0 Å². The number of rotatable bonds is 8. The summed E-state index contributed by atoms with van der Waals surface area (Å²) in [6.45, 7) is 10.4. The molecule has 0 aromatic heterocycles. The van der Waals surface area contributed by atoms with Crippen molar-refractivity contribution in [2.45, 2.75) is 59.3 Å². The maximum atomic E-state index is 12.9. The second kappa shape index (κ2) is 10.8. The summed E-state index contributed by atoms with van der Waals surface area (Å²) in [5.74, 6) is -0.0144. The van der Waals surface area contributed by atoms with Gasteiger partial charge in [-0.15, -0.1) is 0 Å². The number of ketones is 2. The van der Waals surface area contributed by atoms with E-state index in [9.17, 15) is 9.59 Å². The molecule has 136 valence electrons. The van der Waals surface area contributed by atoms with E-state index in [1.54, 1.807) is 0 Å². The molecule has 25 heavy (non-hydrogen) atoms. The van der Waals surface area contributed by atoms with Crippen molar-refractivity contribution >= 4 is 11.6 Å². The normalized spacial score (nSPS) is 23.1. The Kier molecular flexibility index (Phi) is 9.07. The molecule has 0 heterocycles. The number of carbonyl (C=O) groups is 2. The highest BCUT2D eigenvalue weighted by Gasteiger charge is 2.23. The van der Waals surface area contributed by atoms with Gasteiger partial charge in [0.05, 0.1) is 0 Å². The van der Waals surface area contributed by atoms with Crippen molar-refractivity contribution in [3.8, 4) is 0 Å². The van der Waals surface area contributed by atoms with Crippen LogP contribution in [0, 0.1) is 0 Å². The minimum Gasteiger partial charge on any atom is -0.330 e. The lowest BCUT2D eigenvalue weighted by atomic mass is 9.85. The second-order valence-corrected chi connectivity index (χ2v) is 6.45. The molecule has 0 aliphatic heterocycles. The lowest BCUT2D eigenvalue weighted by Gasteiger charge is -2.18. The van der Waals surface area contributed by atoms with E-state index >= 15 is 0 Å². The van der Waals surface area contributed by atoms with Crippen molar-refractivity contribution in [2.75, 3.05) is 6.54 Å². The third-order valence-corrected chi connectivity index (χ3v) is 4.60. The Morgan fingerprint density at radius 1 is 1.20 bits per heavy atom. The summed E-state index contributed by atoms with van der Waals surface area (Å²) >= 11 is 0. The summed E-state index contributed by atoms with van der Waals surface area (Å²) in [4.78, 5) is 25.5. The highest BCUT2D eigenvalue weighted by atomic mass is 16.1. The Bertz CT molecular complexity index is 645. The van der Waals surface area contributed by atoms with E-state index in [-0.39, 0.29) is 11.6 Å². The van der Waals surface area contributed by atoms with Gasteiger partial charge < -0.3 is 5.73 Å². The first kappa shape index (κ1) is 21.0.